The van der Waals surface area contributed by atoms with E-state index in [1.807, 2.05) is 0 Å². The number of aromatic nitrogens is 3. The summed E-state index contributed by atoms with van der Waals surface area (Å²) in [5.41, 5.74) is 1.31. The van der Waals surface area contributed by atoms with Crippen LogP contribution in [0.2, 0.25) is 0 Å². The van der Waals surface area contributed by atoms with E-state index in [0.717, 1.165) is 0 Å². The number of carbonyl (C=O) groups excluding carboxylic acids is 1. The number of nitrogens with zero attached hydrogens (tertiary/aromatic N) is 2. The van der Waals surface area contributed by atoms with Gasteiger partial charge in [0.2, 0.25) is 5.91 Å². The second kappa shape index (κ2) is 7.22. The maximum atomic E-state index is 13.6. The Morgan fingerprint density at radius 1 is 1.18 bits per heavy atom. The molecule has 0 radical (unpaired) electrons. The average molecular weight is 382 g/mol. The minimum atomic E-state index is -0.411. The number of rotatable bonds is 5. The number of aryl methyl sites for hydroxylation is 1. The summed E-state index contributed by atoms with van der Waals surface area (Å²) in [6.07, 6.45) is 1.38. The van der Waals surface area contributed by atoms with Crippen LogP contribution >= 0.6 is 0 Å². The summed E-state index contributed by atoms with van der Waals surface area (Å²) in [4.78, 5) is 31.9. The number of nitrogens with one attached hydrogen (secondary N) is 2. The monoisotopic (exact) mass is 382 g/mol. The van der Waals surface area contributed by atoms with Gasteiger partial charge < -0.3 is 10.3 Å². The first-order valence-corrected chi connectivity index (χ1v) is 8.69. The van der Waals surface area contributed by atoms with Gasteiger partial charge in [0.25, 0.3) is 5.56 Å². The van der Waals surface area contributed by atoms with Crippen molar-refractivity contribution in [2.45, 2.75) is 19.5 Å². The van der Waals surface area contributed by atoms with E-state index in [4.69, 9.17) is 0 Å². The highest BCUT2D eigenvalue weighted by molar-refractivity contribution is 6.04. The van der Waals surface area contributed by atoms with E-state index in [1.165, 1.54) is 29.1 Å². The summed E-state index contributed by atoms with van der Waals surface area (Å²) in [5, 5.41) is 3.16. The predicted octanol–water partition coefficient (Wildman–Crippen LogP) is 2.86. The van der Waals surface area contributed by atoms with Gasteiger partial charge in [-0.3, -0.25) is 14.2 Å². The molecule has 4 aromatic rings. The molecular weight excluding hydrogens is 366 g/mol. The van der Waals surface area contributed by atoms with Crippen molar-refractivity contribution in [2.75, 3.05) is 0 Å². The standard InChI is InChI=1S/C20H16F2N4O2/c21-13-5-6-16-14(9-13)18-19(25-16)20(28)26(11-24-18)8-7-17(27)23-10-12-3-1-2-4-15(12)22/h1-6,9,11,25H,7-8,10H2,(H,23,27). The molecule has 4 rings (SSSR count). The highest BCUT2D eigenvalue weighted by atomic mass is 19.1. The number of H-pyrrole nitrogens is 1. The molecule has 2 heterocycles. The van der Waals surface area contributed by atoms with E-state index >= 15 is 0 Å². The van der Waals surface area contributed by atoms with Gasteiger partial charge >= 0.3 is 0 Å². The largest absolute Gasteiger partial charge is 0.352 e. The van der Waals surface area contributed by atoms with Crippen molar-refractivity contribution in [3.63, 3.8) is 0 Å². The van der Waals surface area contributed by atoms with Crippen LogP contribution in [-0.4, -0.2) is 20.4 Å². The number of hydrogen-bond acceptors (Lipinski definition) is 3. The second-order valence-electron chi connectivity index (χ2n) is 6.40. The van der Waals surface area contributed by atoms with E-state index < -0.39 is 5.82 Å². The van der Waals surface area contributed by atoms with Gasteiger partial charge in [-0.1, -0.05) is 18.2 Å². The smallest absolute Gasteiger partial charge is 0.277 e. The molecule has 0 atom stereocenters. The molecular formula is C20H16F2N4O2. The first-order chi connectivity index (χ1) is 13.5. The molecule has 0 spiro atoms. The topological polar surface area (TPSA) is 79.8 Å². The van der Waals surface area contributed by atoms with Crippen LogP contribution in [-0.2, 0) is 17.9 Å². The van der Waals surface area contributed by atoms with Gasteiger partial charge in [0.05, 0.1) is 6.33 Å². The minimum Gasteiger partial charge on any atom is -0.352 e. The van der Waals surface area contributed by atoms with Crippen LogP contribution in [0.3, 0.4) is 0 Å². The fraction of sp³-hybridized carbons (Fsp3) is 0.150. The molecule has 0 saturated carbocycles. The van der Waals surface area contributed by atoms with Crippen LogP contribution in [0.25, 0.3) is 21.9 Å². The predicted molar refractivity (Wildman–Crippen MR) is 101 cm³/mol. The summed E-state index contributed by atoms with van der Waals surface area (Å²) in [7, 11) is 0. The molecule has 0 fully saturated rings. The number of amides is 1. The van der Waals surface area contributed by atoms with Gasteiger partial charge in [-0.25, -0.2) is 13.8 Å². The molecule has 0 aliphatic rings. The Morgan fingerprint density at radius 3 is 2.82 bits per heavy atom. The van der Waals surface area contributed by atoms with E-state index in [0.29, 0.717) is 22.0 Å². The zero-order chi connectivity index (χ0) is 19.7. The Balaban J connectivity index is 1.48. The first-order valence-electron chi connectivity index (χ1n) is 8.69. The molecule has 0 unspecified atom stereocenters. The third-order valence-corrected chi connectivity index (χ3v) is 4.55. The minimum absolute atomic E-state index is 0.0381. The lowest BCUT2D eigenvalue weighted by atomic mass is 10.2. The number of fused-ring (bicyclic) bond motifs is 3. The number of hydrogen-bond donors (Lipinski definition) is 2. The molecule has 0 aliphatic heterocycles. The zero-order valence-electron chi connectivity index (χ0n) is 14.7. The molecule has 1 amide bonds. The van der Waals surface area contributed by atoms with Gasteiger partial charge in [0, 0.05) is 36.0 Å². The van der Waals surface area contributed by atoms with Crippen LogP contribution < -0.4 is 10.9 Å². The van der Waals surface area contributed by atoms with Crippen molar-refractivity contribution in [3.05, 3.63) is 76.3 Å². The molecule has 142 valence electrons. The van der Waals surface area contributed by atoms with E-state index in [-0.39, 0.29) is 42.3 Å². The maximum absolute atomic E-state index is 13.6. The molecule has 2 aromatic carbocycles. The van der Waals surface area contributed by atoms with Crippen molar-refractivity contribution in [1.29, 1.82) is 0 Å². The Hall–Kier alpha value is -3.55. The Kier molecular flexibility index (Phi) is 4.60. The van der Waals surface area contributed by atoms with Gasteiger partial charge in [-0.15, -0.1) is 0 Å². The summed E-state index contributed by atoms with van der Waals surface area (Å²) in [6.45, 7) is 0.194. The molecule has 28 heavy (non-hydrogen) atoms. The lowest BCUT2D eigenvalue weighted by Gasteiger charge is -2.07. The van der Waals surface area contributed by atoms with E-state index in [9.17, 15) is 18.4 Å². The fourth-order valence-electron chi connectivity index (χ4n) is 3.07. The van der Waals surface area contributed by atoms with Crippen LogP contribution in [0.4, 0.5) is 8.78 Å². The van der Waals surface area contributed by atoms with Gasteiger partial charge in [-0.2, -0.15) is 0 Å². The van der Waals surface area contributed by atoms with E-state index in [1.54, 1.807) is 24.3 Å². The summed E-state index contributed by atoms with van der Waals surface area (Å²) < 4.78 is 28.3. The number of halogens is 2. The van der Waals surface area contributed by atoms with Crippen molar-refractivity contribution in [2.24, 2.45) is 0 Å². The molecule has 0 saturated heterocycles. The molecule has 0 bridgehead atoms. The van der Waals surface area contributed by atoms with Crippen LogP contribution in [0, 0.1) is 11.6 Å². The number of carbonyl (C=O) groups is 1. The van der Waals surface area contributed by atoms with Crippen molar-refractivity contribution in [1.82, 2.24) is 19.9 Å². The quantitative estimate of drug-likeness (QED) is 0.557. The molecule has 2 N–H and O–H groups in total. The third kappa shape index (κ3) is 3.36. The molecule has 8 heteroatoms. The van der Waals surface area contributed by atoms with Crippen molar-refractivity contribution >= 4 is 27.8 Å². The Labute approximate surface area is 157 Å². The second-order valence-corrected chi connectivity index (χ2v) is 6.40. The lowest BCUT2D eigenvalue weighted by molar-refractivity contribution is -0.121. The Bertz CT molecular complexity index is 1250. The van der Waals surface area contributed by atoms with Gasteiger partial charge in [0.15, 0.2) is 0 Å². The van der Waals surface area contributed by atoms with Crippen LogP contribution in [0.5, 0.6) is 0 Å². The number of benzene rings is 2. The normalized spacial score (nSPS) is 11.2. The SMILES string of the molecule is O=C(CCn1cnc2c([nH]c3ccc(F)cc32)c1=O)NCc1ccccc1F. The van der Waals surface area contributed by atoms with Gasteiger partial charge in [-0.05, 0) is 24.3 Å². The Morgan fingerprint density at radius 2 is 2.00 bits per heavy atom. The highest BCUT2D eigenvalue weighted by Gasteiger charge is 2.12. The summed E-state index contributed by atoms with van der Waals surface area (Å²) in [6, 6.07) is 10.4. The van der Waals surface area contributed by atoms with Crippen LogP contribution in [0.1, 0.15) is 12.0 Å². The van der Waals surface area contributed by atoms with Crippen molar-refractivity contribution in [3.8, 4) is 0 Å². The average Bonchev–Trinajstić information content (AvgIpc) is 3.05. The maximum Gasteiger partial charge on any atom is 0.277 e. The lowest BCUT2D eigenvalue weighted by Crippen LogP contribution is -2.27. The molecule has 2 aromatic heterocycles. The summed E-state index contributed by atoms with van der Waals surface area (Å²) in [5.74, 6) is -1.11. The van der Waals surface area contributed by atoms with Gasteiger partial charge in [0.1, 0.15) is 22.7 Å². The zero-order valence-corrected chi connectivity index (χ0v) is 14.7. The molecule has 0 aliphatic carbocycles. The summed E-state index contributed by atoms with van der Waals surface area (Å²) >= 11 is 0. The highest BCUT2D eigenvalue weighted by Crippen LogP contribution is 2.22. The first kappa shape index (κ1) is 17.8. The molecule has 6 nitrogen and oxygen atoms in total. The third-order valence-electron chi connectivity index (χ3n) is 4.55. The number of aromatic amines is 1. The van der Waals surface area contributed by atoms with Crippen molar-refractivity contribution < 1.29 is 13.6 Å². The van der Waals surface area contributed by atoms with Crippen LogP contribution in [0.15, 0.2) is 53.6 Å². The fourth-order valence-corrected chi connectivity index (χ4v) is 3.07. The van der Waals surface area contributed by atoms with E-state index in [2.05, 4.69) is 15.3 Å².